The maximum Gasteiger partial charge on any atom is 0.184 e. The smallest absolute Gasteiger partial charge is 0.184 e. The van der Waals surface area contributed by atoms with Crippen LogP contribution in [0.2, 0.25) is 5.02 Å². The van der Waals surface area contributed by atoms with Crippen LogP contribution in [0.4, 0.5) is 21.5 Å². The van der Waals surface area contributed by atoms with E-state index >= 15 is 4.39 Å². The largest absolute Gasteiger partial charge is 0.375 e. The number of thiocarbonyl (C=S) groups is 1. The van der Waals surface area contributed by atoms with Gasteiger partial charge >= 0.3 is 0 Å². The minimum absolute atomic E-state index is 0.0714. The Morgan fingerprint density at radius 2 is 1.64 bits per heavy atom. The van der Waals surface area contributed by atoms with Crippen LogP contribution < -0.4 is 25.9 Å². The number of likely N-dealkylation sites (N-methyl/N-ethyl adjacent to an activating group) is 1. The molecule has 4 rings (SSSR count). The quantitative estimate of drug-likeness (QED) is 0.380. The molecule has 33 heavy (non-hydrogen) atoms. The average molecular weight is 490 g/mol. The van der Waals surface area contributed by atoms with Crippen molar-refractivity contribution in [1.29, 1.82) is 0 Å². The molecular formula is C23H29ClFN7S. The molecule has 2 fully saturated rings. The number of nitrogens with zero attached hydrogens (tertiary/aromatic N) is 5. The van der Waals surface area contributed by atoms with Crippen molar-refractivity contribution in [3.05, 3.63) is 52.8 Å². The van der Waals surface area contributed by atoms with Crippen molar-refractivity contribution in [1.82, 2.24) is 10.3 Å². The second kappa shape index (κ2) is 10.5. The van der Waals surface area contributed by atoms with Gasteiger partial charge in [-0.2, -0.15) is 5.10 Å². The Kier molecular flexibility index (Phi) is 7.52. The van der Waals surface area contributed by atoms with Gasteiger partial charge in [-0.1, -0.05) is 17.7 Å². The Morgan fingerprint density at radius 1 is 1.00 bits per heavy atom. The highest BCUT2D eigenvalue weighted by Crippen LogP contribution is 2.31. The molecule has 2 aromatic carbocycles. The van der Waals surface area contributed by atoms with Crippen molar-refractivity contribution in [2.75, 3.05) is 74.1 Å². The molecule has 0 unspecified atom stereocenters. The van der Waals surface area contributed by atoms with Crippen molar-refractivity contribution < 1.29 is 4.39 Å². The summed E-state index contributed by atoms with van der Waals surface area (Å²) in [6.45, 7) is 6.68. The van der Waals surface area contributed by atoms with E-state index in [2.05, 4.69) is 43.2 Å². The van der Waals surface area contributed by atoms with Crippen LogP contribution in [0.1, 0.15) is 5.56 Å². The summed E-state index contributed by atoms with van der Waals surface area (Å²) in [6.07, 6.45) is 1.58. The lowest BCUT2D eigenvalue weighted by Gasteiger charge is -2.39. The lowest BCUT2D eigenvalue weighted by molar-refractivity contribution is 0.313. The van der Waals surface area contributed by atoms with Gasteiger partial charge in [-0.15, -0.1) is 0 Å². The van der Waals surface area contributed by atoms with Crippen molar-refractivity contribution in [3.63, 3.8) is 0 Å². The maximum atomic E-state index is 15.3. The van der Waals surface area contributed by atoms with Gasteiger partial charge in [0.1, 0.15) is 5.82 Å². The first-order valence-electron chi connectivity index (χ1n) is 11.0. The summed E-state index contributed by atoms with van der Waals surface area (Å²) in [7, 11) is 2.11. The van der Waals surface area contributed by atoms with Crippen molar-refractivity contribution >= 4 is 52.2 Å². The number of nitrogens with one attached hydrogen (secondary N) is 1. The third-order valence-electron chi connectivity index (χ3n) is 6.11. The normalized spacial score (nSPS) is 17.6. The SMILES string of the molecule is CN1CCN(c2cc(N3CCN(c4cccc(Cl)c4)CC3)c(F)cc2/C=N/NC(N)=S)CC1. The Labute approximate surface area is 204 Å². The van der Waals surface area contributed by atoms with Crippen molar-refractivity contribution in [2.45, 2.75) is 0 Å². The molecule has 2 saturated heterocycles. The molecule has 0 amide bonds. The number of benzene rings is 2. The standard InChI is InChI=1S/C23H29ClFN7S/c1-29-5-7-31(8-6-29)21-15-22(20(25)13-17(21)16-27-28-23(26)33)32-11-9-30(10-12-32)19-4-2-3-18(24)14-19/h2-4,13-16H,5-12H2,1H3,(H3,26,28,33)/b27-16+. The van der Waals surface area contributed by atoms with Gasteiger partial charge in [-0.3, -0.25) is 5.43 Å². The second-order valence-electron chi connectivity index (χ2n) is 8.34. The predicted molar refractivity (Wildman–Crippen MR) is 140 cm³/mol. The van der Waals surface area contributed by atoms with Crippen LogP contribution in [0.15, 0.2) is 41.5 Å². The van der Waals surface area contributed by atoms with E-state index in [0.29, 0.717) is 11.3 Å². The van der Waals surface area contributed by atoms with E-state index in [4.69, 9.17) is 29.6 Å². The number of hydrogen-bond acceptors (Lipinski definition) is 6. The highest BCUT2D eigenvalue weighted by atomic mass is 35.5. The Hall–Kier alpha value is -2.62. The topological polar surface area (TPSA) is 63.4 Å². The van der Waals surface area contributed by atoms with Crippen LogP contribution in [0.5, 0.6) is 0 Å². The molecule has 7 nitrogen and oxygen atoms in total. The van der Waals surface area contributed by atoms with Crippen LogP contribution >= 0.6 is 23.8 Å². The van der Waals surface area contributed by atoms with E-state index in [1.807, 2.05) is 24.3 Å². The number of nitrogens with two attached hydrogens (primary N) is 1. The van der Waals surface area contributed by atoms with Gasteiger partial charge in [0.05, 0.1) is 11.9 Å². The molecule has 0 spiro atoms. The summed E-state index contributed by atoms with van der Waals surface area (Å²) in [6, 6.07) is 11.4. The molecule has 2 heterocycles. The molecule has 0 atom stereocenters. The van der Waals surface area contributed by atoms with E-state index in [0.717, 1.165) is 68.8 Å². The number of rotatable bonds is 5. The second-order valence-corrected chi connectivity index (χ2v) is 9.22. The maximum absolute atomic E-state index is 15.3. The van der Waals surface area contributed by atoms with Crippen LogP contribution in [0.3, 0.4) is 0 Å². The summed E-state index contributed by atoms with van der Waals surface area (Å²) >= 11 is 11.0. The summed E-state index contributed by atoms with van der Waals surface area (Å²) in [4.78, 5) is 8.97. The van der Waals surface area contributed by atoms with Crippen LogP contribution in [-0.2, 0) is 0 Å². The number of anilines is 3. The van der Waals surface area contributed by atoms with Gasteiger partial charge < -0.3 is 25.3 Å². The predicted octanol–water partition coefficient (Wildman–Crippen LogP) is 2.72. The fourth-order valence-electron chi connectivity index (χ4n) is 4.28. The molecule has 0 bridgehead atoms. The molecule has 2 aromatic rings. The minimum atomic E-state index is -0.263. The summed E-state index contributed by atoms with van der Waals surface area (Å²) in [5.74, 6) is -0.263. The Morgan fingerprint density at radius 3 is 2.30 bits per heavy atom. The van der Waals surface area contributed by atoms with E-state index in [1.165, 1.54) is 0 Å². The highest BCUT2D eigenvalue weighted by molar-refractivity contribution is 7.80. The van der Waals surface area contributed by atoms with E-state index < -0.39 is 0 Å². The zero-order valence-electron chi connectivity index (χ0n) is 18.7. The average Bonchev–Trinajstić information content (AvgIpc) is 2.80. The molecule has 0 aliphatic carbocycles. The zero-order chi connectivity index (χ0) is 23.4. The summed E-state index contributed by atoms with van der Waals surface area (Å²) < 4.78 is 15.3. The summed E-state index contributed by atoms with van der Waals surface area (Å²) in [5, 5.41) is 4.86. The molecule has 0 radical (unpaired) electrons. The van der Waals surface area contributed by atoms with Gasteiger partial charge in [-0.05, 0) is 49.6 Å². The molecule has 0 aromatic heterocycles. The third kappa shape index (κ3) is 5.85. The van der Waals surface area contributed by atoms with Gasteiger partial charge in [-0.25, -0.2) is 4.39 Å². The van der Waals surface area contributed by atoms with Gasteiger partial charge in [0.25, 0.3) is 0 Å². The third-order valence-corrected chi connectivity index (χ3v) is 6.44. The van der Waals surface area contributed by atoms with Gasteiger partial charge in [0.15, 0.2) is 5.11 Å². The number of hydrazone groups is 1. The van der Waals surface area contributed by atoms with E-state index in [9.17, 15) is 0 Å². The van der Waals surface area contributed by atoms with Crippen LogP contribution in [0.25, 0.3) is 0 Å². The Bertz CT molecular complexity index is 1020. The minimum Gasteiger partial charge on any atom is -0.375 e. The van der Waals surface area contributed by atoms with E-state index in [1.54, 1.807) is 12.3 Å². The molecule has 2 aliphatic heterocycles. The molecule has 3 N–H and O–H groups in total. The van der Waals surface area contributed by atoms with E-state index in [-0.39, 0.29) is 10.9 Å². The molecule has 0 saturated carbocycles. The number of hydrogen-bond donors (Lipinski definition) is 2. The molecule has 10 heteroatoms. The Balaban J connectivity index is 1.56. The van der Waals surface area contributed by atoms with Crippen molar-refractivity contribution in [2.24, 2.45) is 10.8 Å². The number of piperazine rings is 2. The molecule has 2 aliphatic rings. The monoisotopic (exact) mass is 489 g/mol. The number of halogens is 2. The molecule has 176 valence electrons. The van der Waals surface area contributed by atoms with Crippen molar-refractivity contribution in [3.8, 4) is 0 Å². The van der Waals surface area contributed by atoms with Gasteiger partial charge in [0.2, 0.25) is 0 Å². The first-order chi connectivity index (χ1) is 15.9. The van der Waals surface area contributed by atoms with Gasteiger partial charge in [0, 0.05) is 74.3 Å². The lowest BCUT2D eigenvalue weighted by Crippen LogP contribution is -2.47. The lowest BCUT2D eigenvalue weighted by atomic mass is 10.1. The highest BCUT2D eigenvalue weighted by Gasteiger charge is 2.24. The first-order valence-corrected chi connectivity index (χ1v) is 11.8. The fraction of sp³-hybridized carbons (Fsp3) is 0.391. The zero-order valence-corrected chi connectivity index (χ0v) is 20.2. The fourth-order valence-corrected chi connectivity index (χ4v) is 4.51. The summed E-state index contributed by atoms with van der Waals surface area (Å²) in [5.41, 5.74) is 11.4. The molecular weight excluding hydrogens is 461 g/mol. The van der Waals surface area contributed by atoms with Crippen LogP contribution in [0, 0.1) is 5.82 Å². The van der Waals surface area contributed by atoms with Crippen LogP contribution in [-0.4, -0.2) is 75.6 Å². The first kappa shape index (κ1) is 23.5.